The maximum atomic E-state index is 16.3. The summed E-state index contributed by atoms with van der Waals surface area (Å²) in [5.74, 6) is 3.50. The van der Waals surface area contributed by atoms with Gasteiger partial charge < -0.3 is 0 Å². The molecule has 4 unspecified atom stereocenters. The van der Waals surface area contributed by atoms with Crippen LogP contribution in [0.3, 0.4) is 0 Å². The van der Waals surface area contributed by atoms with Gasteiger partial charge in [-0.1, -0.05) is 36.4 Å². The third-order valence-electron chi connectivity index (χ3n) is 21.8. The number of nitrogens with zero attached hydrogens (tertiary/aromatic N) is 6. The molecule has 9 nitrogen and oxygen atoms in total. The first kappa shape index (κ1) is 55.7. The van der Waals surface area contributed by atoms with Gasteiger partial charge >= 0.3 is 537 Å². The Hall–Kier alpha value is -10.6. The number of ether oxygens (including phenoxy) is 2. The predicted octanol–water partition coefficient (Wildman–Crippen LogP) is 12.3. The first-order valence-electron chi connectivity index (χ1n) is 33.6. The fourth-order valence-corrected chi connectivity index (χ4v) is 31.0. The molecule has 4 atom stereocenters. The molecule has 14 aromatic rings. The van der Waals surface area contributed by atoms with Gasteiger partial charge in [-0.2, -0.15) is 0 Å². The molecule has 10 aromatic carbocycles. The molecule has 0 N–H and O–H groups in total. The summed E-state index contributed by atoms with van der Waals surface area (Å²) in [5.41, 5.74) is 22.2. The molecule has 8 aliphatic rings. The number of rotatable bonds is 4. The average molecular weight is 1380 g/mol. The summed E-state index contributed by atoms with van der Waals surface area (Å²) in [6, 6.07) is 87.5. The Bertz CT molecular complexity index is 5900. The van der Waals surface area contributed by atoms with Crippen molar-refractivity contribution in [2.45, 2.75) is 63.7 Å². The van der Waals surface area contributed by atoms with Gasteiger partial charge in [0.2, 0.25) is 0 Å². The zero-order valence-corrected chi connectivity index (χ0v) is 58.1. The van der Waals surface area contributed by atoms with Crippen LogP contribution in [0.2, 0.25) is 0 Å². The second-order valence-corrected chi connectivity index (χ2v) is 38.8. The van der Waals surface area contributed by atoms with Crippen LogP contribution in [0.25, 0.3) is 78.1 Å². The summed E-state index contributed by atoms with van der Waals surface area (Å²) in [4.78, 5) is 0. The minimum atomic E-state index is -4.21. The fourth-order valence-electron chi connectivity index (χ4n) is 17.4. The van der Waals surface area contributed by atoms with Gasteiger partial charge in [-0.25, -0.2) is 0 Å². The van der Waals surface area contributed by atoms with Gasteiger partial charge in [-0.3, -0.25) is 0 Å². The molecule has 4 aromatic heterocycles. The molecule has 0 saturated heterocycles. The third kappa shape index (κ3) is 7.10. The van der Waals surface area contributed by atoms with E-state index in [2.05, 4.69) is 337 Å². The molecule has 11 heteroatoms. The number of aromatic nitrogens is 6. The van der Waals surface area contributed by atoms with Crippen LogP contribution in [0.1, 0.15) is 74.9 Å². The Balaban J connectivity index is 0.000000128. The summed E-state index contributed by atoms with van der Waals surface area (Å²) < 4.78 is 51.8. The molecule has 0 fully saturated rings. The average Bonchev–Trinajstić information content (AvgIpc) is 1.40. The van der Waals surface area contributed by atoms with E-state index < -0.39 is 39.5 Å². The van der Waals surface area contributed by atoms with Gasteiger partial charge in [-0.15, -0.1) is 0 Å². The minimum absolute atomic E-state index is 0.0344. The number of pyridine rings is 2. The van der Waals surface area contributed by atoms with E-state index in [0.717, 1.165) is 80.9 Å². The summed E-state index contributed by atoms with van der Waals surface area (Å²) in [6.07, 6.45) is 13.8. The van der Waals surface area contributed by atoms with Crippen molar-refractivity contribution in [3.63, 3.8) is 0 Å². The van der Waals surface area contributed by atoms with E-state index in [9.17, 15) is 0 Å². The van der Waals surface area contributed by atoms with Crippen molar-refractivity contribution in [2.75, 3.05) is 0 Å². The maximum absolute atomic E-state index is 16.3. The van der Waals surface area contributed by atoms with E-state index in [1.54, 1.807) is 0 Å². The van der Waals surface area contributed by atoms with Gasteiger partial charge in [0.1, 0.15) is 0 Å². The van der Waals surface area contributed by atoms with E-state index >= 15 is 3.74 Å². The molecular formula is C86H64As2N6O3+4. The molecule has 0 bridgehead atoms. The van der Waals surface area contributed by atoms with Crippen LogP contribution in [-0.2, 0) is 25.9 Å². The van der Waals surface area contributed by atoms with Gasteiger partial charge in [-0.05, 0) is 0 Å². The van der Waals surface area contributed by atoms with E-state index in [0.29, 0.717) is 0 Å². The van der Waals surface area contributed by atoms with Crippen LogP contribution in [0, 0.1) is 0 Å². The fraction of sp³-hybridized carbons (Fsp3) is 0.116. The zero-order chi connectivity index (χ0) is 64.8. The van der Waals surface area contributed by atoms with Crippen molar-refractivity contribution in [1.29, 1.82) is 0 Å². The van der Waals surface area contributed by atoms with Gasteiger partial charge in [0.25, 0.3) is 0 Å². The molecule has 97 heavy (non-hydrogen) atoms. The Labute approximate surface area is 569 Å². The van der Waals surface area contributed by atoms with Crippen molar-refractivity contribution < 1.29 is 31.7 Å². The summed E-state index contributed by atoms with van der Waals surface area (Å²) >= 11 is -6.15. The molecule has 8 aliphatic heterocycles. The van der Waals surface area contributed by atoms with Crippen LogP contribution < -0.4 is 54.3 Å². The van der Waals surface area contributed by atoms with Gasteiger partial charge in [0, 0.05) is 0 Å². The first-order chi connectivity index (χ1) is 47.2. The second-order valence-electron chi connectivity index (χ2n) is 29.0. The molecule has 0 radical (unpaired) electrons. The Morgan fingerprint density at radius 3 is 1.44 bits per heavy atom. The molecular weight excluding hydrogens is 1310 g/mol. The Morgan fingerprint density at radius 2 is 0.866 bits per heavy atom. The number of hydrogen-bond donors (Lipinski definition) is 0. The van der Waals surface area contributed by atoms with E-state index in [1.807, 2.05) is 12.1 Å². The number of fused-ring (bicyclic) bond motifs is 14. The van der Waals surface area contributed by atoms with Crippen molar-refractivity contribution >= 4 is 54.5 Å². The van der Waals surface area contributed by atoms with Crippen LogP contribution in [0.5, 0.6) is 23.0 Å². The summed E-state index contributed by atoms with van der Waals surface area (Å²) in [6.45, 7) is 13.7. The molecule has 0 amide bonds. The molecule has 12 heterocycles. The van der Waals surface area contributed by atoms with Crippen molar-refractivity contribution in [3.8, 4) is 101 Å². The second kappa shape index (κ2) is 19.1. The standard InChI is InChI=1S/C43H32AsN3O2.C43H32AsN3O/c1-42(2,3)31-22-23-45-38(24-31)44(48)34-13-8-7-12-32(34)33-20-21-37-40(41(33)44)43(45)39-35(14-9-15-36(39)49-37)46-25-30(26-47(43)46)29-18-16-28(17-19-29)27-10-5-4-6-11-27;1-42(2,3)31-22-23-45-38(24-31)44-34-13-8-7-12-32(34)33-20-21-37-40(41(33)44)43(45)39-35(14-9-15-36(39)48-37)46-25-30(26-47(43)46)29-18-16-28(17-19-29)27-10-5-4-6-11-27/h4-26H,1-3H3;4-26H,1-3H3/q2*+2. The van der Waals surface area contributed by atoms with Crippen molar-refractivity contribution in [3.05, 3.63) is 313 Å². The van der Waals surface area contributed by atoms with Crippen molar-refractivity contribution in [1.82, 2.24) is 9.36 Å². The van der Waals surface area contributed by atoms with E-state index in [4.69, 9.17) is 9.47 Å². The normalized spacial score (nSPS) is 19.1. The van der Waals surface area contributed by atoms with Crippen LogP contribution >= 0.6 is 0 Å². The number of benzene rings is 10. The first-order valence-corrected chi connectivity index (χ1v) is 40.0. The van der Waals surface area contributed by atoms with Gasteiger partial charge in [0.05, 0.1) is 0 Å². The van der Waals surface area contributed by atoms with Crippen molar-refractivity contribution in [2.24, 2.45) is 0 Å². The number of hydrogen-bond acceptors (Lipinski definition) is 3. The SMILES string of the molecule is CC(C)(C)c1cc[n+]2c(c1)[As]1(=O)c3ccccc3-c3ccc4c(c31)C21c2c(cccc2-n2cc(-c3ccc(-c5ccccc5)cc3)c[n+]21)O4.CC(C)(C)c1cc[n+]2c(c1)[As]1c3ccccc3-c3ccc4c(c31)C21c2c(cccc2-n2cc(-c3ccc(-c5ccccc5)cc3)c[n+]21)O4. The Morgan fingerprint density at radius 1 is 0.402 bits per heavy atom. The Kier molecular flexibility index (Phi) is 11.0. The third-order valence-corrected chi connectivity index (χ3v) is 33.8. The van der Waals surface area contributed by atoms with E-state index in [1.165, 1.54) is 79.9 Å². The summed E-state index contributed by atoms with van der Waals surface area (Å²) in [7, 11) is 0. The molecule has 462 valence electrons. The van der Waals surface area contributed by atoms with Crippen LogP contribution in [0.15, 0.2) is 280 Å². The predicted molar refractivity (Wildman–Crippen MR) is 381 cm³/mol. The molecule has 22 rings (SSSR count). The zero-order valence-electron chi connectivity index (χ0n) is 54.4. The van der Waals surface area contributed by atoms with E-state index in [-0.39, 0.29) is 10.8 Å². The monoisotopic (exact) mass is 1380 g/mol. The molecule has 0 aliphatic carbocycles. The molecule has 2 spiro atoms. The van der Waals surface area contributed by atoms with Crippen LogP contribution in [-0.4, -0.2) is 37.5 Å². The summed E-state index contributed by atoms with van der Waals surface area (Å²) in [5, 5.41) is 0. The van der Waals surface area contributed by atoms with Gasteiger partial charge in [0.15, 0.2) is 0 Å². The van der Waals surface area contributed by atoms with Crippen LogP contribution in [0.4, 0.5) is 0 Å². The topological polar surface area (TPSA) is 60.9 Å². The quantitative estimate of drug-likeness (QED) is 0.130. The molecule has 0 saturated carbocycles.